The van der Waals surface area contributed by atoms with E-state index >= 15 is 0 Å². The fourth-order valence-electron chi connectivity index (χ4n) is 2.23. The van der Waals surface area contributed by atoms with Crippen LogP contribution in [0.15, 0.2) is 58.8 Å². The number of thioether (sulfide) groups is 1. The molecule has 0 bridgehead atoms. The van der Waals surface area contributed by atoms with Crippen molar-refractivity contribution in [3.05, 3.63) is 53.9 Å². The second-order valence-electron chi connectivity index (χ2n) is 5.84. The van der Waals surface area contributed by atoms with Gasteiger partial charge in [0.15, 0.2) is 16.1 Å². The first-order valence-corrected chi connectivity index (χ1v) is 11.2. The minimum atomic E-state index is -3.84. The second-order valence-corrected chi connectivity index (χ2v) is 8.97. The monoisotopic (exact) mass is 452 g/mol. The van der Waals surface area contributed by atoms with Crippen molar-refractivity contribution < 1.29 is 13.2 Å². The summed E-state index contributed by atoms with van der Waals surface area (Å²) in [5, 5.41) is 11.0. The van der Waals surface area contributed by atoms with Gasteiger partial charge in [-0.25, -0.2) is 13.4 Å². The number of nitrogens with zero attached hydrogens (tertiary/aromatic N) is 4. The number of carbonyl (C=O) groups is 1. The van der Waals surface area contributed by atoms with Gasteiger partial charge in [0.1, 0.15) is 0 Å². The van der Waals surface area contributed by atoms with Crippen molar-refractivity contribution in [2.45, 2.75) is 16.5 Å². The number of hydrogen-bond donors (Lipinski definition) is 2. The standard InChI is InChI=1S/C17H17ClN6O3S2/c1-24-10-9-19-17(24)28-11-8-16(25)20-12-2-4-13(5-3-12)29(26,27)23-15-7-6-14(18)21-22-15/h2-7,9-10H,8,11H2,1H3,(H,20,25)(H,22,23). The Morgan fingerprint density at radius 1 is 1.17 bits per heavy atom. The van der Waals surface area contributed by atoms with Gasteiger partial charge in [0.2, 0.25) is 5.91 Å². The molecule has 3 rings (SSSR count). The van der Waals surface area contributed by atoms with Gasteiger partial charge in [0.05, 0.1) is 4.90 Å². The van der Waals surface area contributed by atoms with Crippen LogP contribution in [0.5, 0.6) is 0 Å². The van der Waals surface area contributed by atoms with Crippen molar-refractivity contribution in [3.8, 4) is 0 Å². The van der Waals surface area contributed by atoms with Gasteiger partial charge < -0.3 is 9.88 Å². The molecule has 2 heterocycles. The number of imidazole rings is 1. The molecule has 0 radical (unpaired) electrons. The SMILES string of the molecule is Cn1ccnc1SCCC(=O)Nc1ccc(S(=O)(=O)Nc2ccc(Cl)nn2)cc1. The Balaban J connectivity index is 1.54. The number of benzene rings is 1. The Morgan fingerprint density at radius 3 is 2.55 bits per heavy atom. The van der Waals surface area contributed by atoms with Crippen LogP contribution in [0.4, 0.5) is 11.5 Å². The average Bonchev–Trinajstić information content (AvgIpc) is 3.09. The second kappa shape index (κ2) is 9.25. The number of halogens is 1. The van der Waals surface area contributed by atoms with E-state index < -0.39 is 10.0 Å². The first-order chi connectivity index (χ1) is 13.8. The molecule has 12 heteroatoms. The Labute approximate surface area is 177 Å². The van der Waals surface area contributed by atoms with Crippen molar-refractivity contribution in [1.82, 2.24) is 19.7 Å². The fourth-order valence-corrected chi connectivity index (χ4v) is 4.20. The first kappa shape index (κ1) is 21.1. The smallest absolute Gasteiger partial charge is 0.263 e. The van der Waals surface area contributed by atoms with Crippen LogP contribution in [0.1, 0.15) is 6.42 Å². The van der Waals surface area contributed by atoms with Crippen LogP contribution >= 0.6 is 23.4 Å². The predicted molar refractivity (Wildman–Crippen MR) is 111 cm³/mol. The summed E-state index contributed by atoms with van der Waals surface area (Å²) in [6.45, 7) is 0. The van der Waals surface area contributed by atoms with E-state index in [9.17, 15) is 13.2 Å². The van der Waals surface area contributed by atoms with Gasteiger partial charge in [0, 0.05) is 37.3 Å². The van der Waals surface area contributed by atoms with E-state index in [-0.39, 0.29) is 21.8 Å². The van der Waals surface area contributed by atoms with Crippen molar-refractivity contribution in [2.75, 3.05) is 15.8 Å². The van der Waals surface area contributed by atoms with Crippen LogP contribution in [0.25, 0.3) is 0 Å². The number of aryl methyl sites for hydroxylation is 1. The Bertz CT molecular complexity index is 1090. The normalized spacial score (nSPS) is 11.2. The lowest BCUT2D eigenvalue weighted by Gasteiger charge is -2.09. The van der Waals surface area contributed by atoms with Crippen molar-refractivity contribution >= 4 is 50.8 Å². The van der Waals surface area contributed by atoms with E-state index in [2.05, 4.69) is 25.2 Å². The zero-order valence-corrected chi connectivity index (χ0v) is 17.6. The molecule has 2 aromatic heterocycles. The van der Waals surface area contributed by atoms with Gasteiger partial charge >= 0.3 is 0 Å². The minimum absolute atomic E-state index is 0.0255. The molecule has 9 nitrogen and oxygen atoms in total. The highest BCUT2D eigenvalue weighted by Gasteiger charge is 2.15. The average molecular weight is 453 g/mol. The molecule has 152 valence electrons. The maximum Gasteiger partial charge on any atom is 0.263 e. The van der Waals surface area contributed by atoms with Gasteiger partial charge in [-0.15, -0.1) is 10.2 Å². The number of carbonyl (C=O) groups excluding carboxylic acids is 1. The van der Waals surface area contributed by atoms with Crippen LogP contribution in [0.3, 0.4) is 0 Å². The molecule has 0 fully saturated rings. The summed E-state index contributed by atoms with van der Waals surface area (Å²) in [4.78, 5) is 16.3. The molecule has 0 aliphatic heterocycles. The van der Waals surface area contributed by atoms with Crippen LogP contribution in [0.2, 0.25) is 5.15 Å². The molecule has 0 aliphatic carbocycles. The molecule has 0 aliphatic rings. The zero-order chi connectivity index (χ0) is 20.9. The topological polar surface area (TPSA) is 119 Å². The van der Waals surface area contributed by atoms with Crippen LogP contribution in [-0.4, -0.2) is 39.8 Å². The molecular weight excluding hydrogens is 436 g/mol. The Hall–Kier alpha value is -2.63. The lowest BCUT2D eigenvalue weighted by atomic mass is 10.3. The Morgan fingerprint density at radius 2 is 1.93 bits per heavy atom. The summed E-state index contributed by atoms with van der Waals surface area (Å²) in [7, 11) is -1.95. The van der Waals surface area contributed by atoms with E-state index in [1.807, 2.05) is 17.8 Å². The van der Waals surface area contributed by atoms with E-state index in [1.54, 1.807) is 6.20 Å². The third-order valence-electron chi connectivity index (χ3n) is 3.66. The molecule has 0 unspecified atom stereocenters. The molecule has 1 aromatic carbocycles. The summed E-state index contributed by atoms with van der Waals surface area (Å²) in [6.07, 6.45) is 3.84. The molecule has 29 heavy (non-hydrogen) atoms. The minimum Gasteiger partial charge on any atom is -0.329 e. The Kier molecular flexibility index (Phi) is 6.72. The summed E-state index contributed by atoms with van der Waals surface area (Å²) < 4.78 is 29.0. The molecule has 0 spiro atoms. The van der Waals surface area contributed by atoms with Crippen molar-refractivity contribution in [2.24, 2.45) is 7.05 Å². The third kappa shape index (κ3) is 5.92. The maximum atomic E-state index is 12.4. The molecule has 0 saturated heterocycles. The number of anilines is 2. The van der Waals surface area contributed by atoms with Crippen molar-refractivity contribution in [1.29, 1.82) is 0 Å². The van der Waals surface area contributed by atoms with Crippen molar-refractivity contribution in [3.63, 3.8) is 0 Å². The van der Waals surface area contributed by atoms with Gasteiger partial charge in [-0.3, -0.25) is 9.52 Å². The quantitative estimate of drug-likeness (QED) is 0.504. The molecule has 0 saturated carbocycles. The fraction of sp³-hybridized carbons (Fsp3) is 0.176. The van der Waals surface area contributed by atoms with E-state index in [0.717, 1.165) is 5.16 Å². The van der Waals surface area contributed by atoms with E-state index in [4.69, 9.17) is 11.6 Å². The van der Waals surface area contributed by atoms with Crippen LogP contribution < -0.4 is 10.0 Å². The van der Waals surface area contributed by atoms with Gasteiger partial charge in [0.25, 0.3) is 10.0 Å². The predicted octanol–water partition coefficient (Wildman–Crippen LogP) is 2.79. The largest absolute Gasteiger partial charge is 0.329 e. The van der Waals surface area contributed by atoms with Crippen LogP contribution in [-0.2, 0) is 21.9 Å². The highest BCUT2D eigenvalue weighted by atomic mass is 35.5. The summed E-state index contributed by atoms with van der Waals surface area (Å²) >= 11 is 7.12. The van der Waals surface area contributed by atoms with Gasteiger partial charge in [-0.1, -0.05) is 23.4 Å². The van der Waals surface area contributed by atoms with Gasteiger partial charge in [-0.2, -0.15) is 0 Å². The summed E-state index contributed by atoms with van der Waals surface area (Å²) in [5.74, 6) is 0.462. The van der Waals surface area contributed by atoms with E-state index in [0.29, 0.717) is 17.9 Å². The number of hydrogen-bond acceptors (Lipinski definition) is 7. The molecule has 2 N–H and O–H groups in total. The molecular formula is C17H17ClN6O3S2. The lowest BCUT2D eigenvalue weighted by Crippen LogP contribution is -2.15. The zero-order valence-electron chi connectivity index (χ0n) is 15.2. The third-order valence-corrected chi connectivity index (χ3v) is 6.29. The summed E-state index contributed by atoms with van der Waals surface area (Å²) in [5.41, 5.74) is 0.502. The van der Waals surface area contributed by atoms with Crippen LogP contribution in [0, 0.1) is 0 Å². The highest BCUT2D eigenvalue weighted by Crippen LogP contribution is 2.19. The molecule has 0 atom stereocenters. The number of aromatic nitrogens is 4. The number of sulfonamides is 1. The molecule has 3 aromatic rings. The molecule has 1 amide bonds. The van der Waals surface area contributed by atoms with Gasteiger partial charge in [-0.05, 0) is 36.4 Å². The number of amides is 1. The van der Waals surface area contributed by atoms with E-state index in [1.165, 1.54) is 48.2 Å². The maximum absolute atomic E-state index is 12.4. The number of rotatable bonds is 8. The number of nitrogens with one attached hydrogen (secondary N) is 2. The summed E-state index contributed by atoms with van der Waals surface area (Å²) in [6, 6.07) is 8.66. The first-order valence-electron chi connectivity index (χ1n) is 8.35. The lowest BCUT2D eigenvalue weighted by molar-refractivity contribution is -0.115. The highest BCUT2D eigenvalue weighted by molar-refractivity contribution is 7.99.